The Bertz CT molecular complexity index is 914. The third kappa shape index (κ3) is 3.26. The maximum absolute atomic E-state index is 12.5. The molecule has 1 atom stereocenters. The van der Waals surface area contributed by atoms with Crippen molar-refractivity contribution < 1.29 is 22.3 Å². The number of alkyl halides is 2. The van der Waals surface area contributed by atoms with E-state index in [1.165, 1.54) is 6.20 Å². The van der Waals surface area contributed by atoms with Crippen LogP contribution in [0.15, 0.2) is 30.5 Å². The number of aromatic nitrogens is 3. The van der Waals surface area contributed by atoms with Gasteiger partial charge < -0.3 is 9.29 Å². The number of pyridine rings is 1. The quantitative estimate of drug-likeness (QED) is 0.688. The van der Waals surface area contributed by atoms with Gasteiger partial charge in [-0.3, -0.25) is 10.1 Å². The van der Waals surface area contributed by atoms with Crippen molar-refractivity contribution >= 4 is 22.0 Å². The van der Waals surface area contributed by atoms with Gasteiger partial charge in [0.15, 0.2) is 11.1 Å². The van der Waals surface area contributed by atoms with Crippen molar-refractivity contribution in [2.45, 2.75) is 19.3 Å². The number of aromatic amines is 1. The van der Waals surface area contributed by atoms with Crippen molar-refractivity contribution in [3.8, 4) is 17.1 Å². The molecule has 24 heavy (non-hydrogen) atoms. The van der Waals surface area contributed by atoms with Crippen LogP contribution in [0, 0.1) is 6.92 Å². The van der Waals surface area contributed by atoms with Gasteiger partial charge in [-0.2, -0.15) is 8.78 Å². The zero-order chi connectivity index (χ0) is 17.3. The van der Waals surface area contributed by atoms with Gasteiger partial charge >= 0.3 is 6.61 Å². The predicted octanol–water partition coefficient (Wildman–Crippen LogP) is 3.26. The van der Waals surface area contributed by atoms with Crippen LogP contribution < -0.4 is 4.74 Å². The van der Waals surface area contributed by atoms with E-state index in [9.17, 15) is 13.0 Å². The van der Waals surface area contributed by atoms with Crippen molar-refractivity contribution in [1.29, 1.82) is 0 Å². The summed E-state index contributed by atoms with van der Waals surface area (Å²) in [5.41, 5.74) is 3.16. The highest BCUT2D eigenvalue weighted by Gasteiger charge is 2.18. The van der Waals surface area contributed by atoms with E-state index in [1.54, 1.807) is 31.2 Å². The van der Waals surface area contributed by atoms with Gasteiger partial charge in [0.25, 0.3) is 0 Å². The molecule has 3 rings (SSSR count). The summed E-state index contributed by atoms with van der Waals surface area (Å²) >= 11 is -1.94. The largest absolute Gasteiger partial charge is 0.415 e. The molecule has 6 nitrogen and oxygen atoms in total. The molecule has 0 saturated heterocycles. The van der Waals surface area contributed by atoms with Crippen LogP contribution >= 0.6 is 0 Å². The molecule has 0 bridgehead atoms. The van der Waals surface area contributed by atoms with E-state index >= 15 is 0 Å². The van der Waals surface area contributed by atoms with Crippen molar-refractivity contribution in [2.75, 3.05) is 0 Å². The summed E-state index contributed by atoms with van der Waals surface area (Å²) in [5, 5.41) is 6.75. The second kappa shape index (κ2) is 6.62. The number of hydrogen-bond acceptors (Lipinski definition) is 4. The van der Waals surface area contributed by atoms with E-state index in [0.29, 0.717) is 22.2 Å². The summed E-state index contributed by atoms with van der Waals surface area (Å²) < 4.78 is 49.5. The minimum atomic E-state index is -2.99. The summed E-state index contributed by atoms with van der Waals surface area (Å²) in [6.45, 7) is -1.19. The fourth-order valence-electron chi connectivity index (χ4n) is 2.47. The summed E-state index contributed by atoms with van der Waals surface area (Å²) in [6.07, 6.45) is 1.54. The van der Waals surface area contributed by atoms with Gasteiger partial charge in [0, 0.05) is 11.8 Å². The van der Waals surface area contributed by atoms with Crippen LogP contribution in [0.4, 0.5) is 8.78 Å². The molecule has 0 aliphatic rings. The molecule has 3 aromatic rings. The van der Waals surface area contributed by atoms with E-state index < -0.39 is 17.7 Å². The third-order valence-corrected chi connectivity index (χ3v) is 4.10. The van der Waals surface area contributed by atoms with Crippen LogP contribution in [0.2, 0.25) is 0 Å². The second-order valence-corrected chi connectivity index (χ2v) is 6.03. The Morgan fingerprint density at radius 3 is 2.83 bits per heavy atom. The lowest BCUT2D eigenvalue weighted by atomic mass is 10.0. The molecular weight excluding hydrogens is 340 g/mol. The summed E-state index contributed by atoms with van der Waals surface area (Å²) in [6, 6.07) is 6.83. The van der Waals surface area contributed by atoms with E-state index in [0.717, 1.165) is 11.1 Å². The Morgan fingerprint density at radius 1 is 1.38 bits per heavy atom. The molecule has 126 valence electrons. The number of rotatable bonds is 5. The van der Waals surface area contributed by atoms with Crippen LogP contribution in [-0.2, 0) is 16.8 Å². The van der Waals surface area contributed by atoms with Crippen LogP contribution in [0.1, 0.15) is 11.1 Å². The molecule has 2 N–H and O–H groups in total. The zero-order valence-electron chi connectivity index (χ0n) is 12.5. The molecule has 0 amide bonds. The number of aryl methyl sites for hydroxylation is 1. The second-order valence-electron chi connectivity index (χ2n) is 5.10. The standard InChI is InChI=1S/C15H13F2N3O3S/c1-8-6-9(2-3-10(8)7-24(21)22)13-12-11(4-5-18-13)19-20-14(12)23-15(16)17/h2-6,15H,7H2,1H3,(H,19,20)(H,21,22). The molecule has 0 spiro atoms. The highest BCUT2D eigenvalue weighted by Crippen LogP contribution is 2.33. The van der Waals surface area contributed by atoms with Crippen LogP contribution in [0.25, 0.3) is 22.2 Å². The van der Waals surface area contributed by atoms with Gasteiger partial charge in [-0.25, -0.2) is 4.21 Å². The van der Waals surface area contributed by atoms with Gasteiger partial charge in [0.05, 0.1) is 22.3 Å². The van der Waals surface area contributed by atoms with Gasteiger partial charge in [0.2, 0.25) is 5.88 Å². The Balaban J connectivity index is 2.10. The van der Waals surface area contributed by atoms with Gasteiger partial charge in [0.1, 0.15) is 0 Å². The number of ether oxygens (including phenoxy) is 1. The lowest BCUT2D eigenvalue weighted by molar-refractivity contribution is -0.0518. The number of benzene rings is 1. The van der Waals surface area contributed by atoms with Crippen molar-refractivity contribution in [1.82, 2.24) is 15.2 Å². The molecule has 9 heteroatoms. The van der Waals surface area contributed by atoms with Crippen LogP contribution in [0.5, 0.6) is 5.88 Å². The topological polar surface area (TPSA) is 88.1 Å². The van der Waals surface area contributed by atoms with E-state index in [2.05, 4.69) is 19.9 Å². The number of nitrogens with zero attached hydrogens (tertiary/aromatic N) is 2. The normalized spacial score (nSPS) is 12.7. The first-order valence-electron chi connectivity index (χ1n) is 6.91. The highest BCUT2D eigenvalue weighted by molar-refractivity contribution is 7.78. The molecule has 1 aromatic carbocycles. The van der Waals surface area contributed by atoms with Crippen molar-refractivity contribution in [3.05, 3.63) is 41.6 Å². The molecule has 2 heterocycles. The SMILES string of the molecule is Cc1cc(-c2nccc3[nH]nc(OC(F)F)c23)ccc1CS(=O)O. The minimum Gasteiger partial charge on any atom is -0.415 e. The monoisotopic (exact) mass is 353 g/mol. The lowest BCUT2D eigenvalue weighted by Crippen LogP contribution is -2.03. The first kappa shape index (κ1) is 16.5. The maximum atomic E-state index is 12.5. The number of hydrogen-bond donors (Lipinski definition) is 2. The Kier molecular flexibility index (Phi) is 4.54. The molecule has 1 unspecified atom stereocenters. The third-order valence-electron chi connectivity index (χ3n) is 3.54. The van der Waals surface area contributed by atoms with Gasteiger partial charge in [-0.05, 0) is 30.2 Å². The number of nitrogens with one attached hydrogen (secondary N) is 1. The highest BCUT2D eigenvalue weighted by atomic mass is 32.2. The summed E-state index contributed by atoms with van der Waals surface area (Å²) in [7, 11) is 0. The van der Waals surface area contributed by atoms with E-state index in [-0.39, 0.29) is 11.6 Å². The number of H-pyrrole nitrogens is 1. The first-order valence-corrected chi connectivity index (χ1v) is 8.18. The zero-order valence-corrected chi connectivity index (χ0v) is 13.3. The predicted molar refractivity (Wildman–Crippen MR) is 85.2 cm³/mol. The molecule has 0 aliphatic carbocycles. The average molecular weight is 353 g/mol. The molecule has 2 aromatic heterocycles. The molecule has 0 radical (unpaired) electrons. The van der Waals surface area contributed by atoms with Crippen LogP contribution in [-0.4, -0.2) is 30.6 Å². The van der Waals surface area contributed by atoms with Crippen molar-refractivity contribution in [3.63, 3.8) is 0 Å². The Labute approximate surface area is 138 Å². The van der Waals surface area contributed by atoms with E-state index in [1.807, 2.05) is 0 Å². The van der Waals surface area contributed by atoms with Gasteiger partial charge in [-0.1, -0.05) is 12.1 Å². The van der Waals surface area contributed by atoms with Crippen LogP contribution in [0.3, 0.4) is 0 Å². The maximum Gasteiger partial charge on any atom is 0.388 e. The first-order chi connectivity index (χ1) is 11.5. The molecular formula is C15H13F2N3O3S. The van der Waals surface area contributed by atoms with Crippen molar-refractivity contribution in [2.24, 2.45) is 0 Å². The fraction of sp³-hybridized carbons (Fsp3) is 0.200. The fourth-order valence-corrected chi connectivity index (χ4v) is 3.05. The molecule has 0 fully saturated rings. The molecule has 0 saturated carbocycles. The smallest absolute Gasteiger partial charge is 0.388 e. The Hall–Kier alpha value is -2.39. The molecule has 0 aliphatic heterocycles. The average Bonchev–Trinajstić information content (AvgIpc) is 2.91. The summed E-state index contributed by atoms with van der Waals surface area (Å²) in [4.78, 5) is 4.25. The lowest BCUT2D eigenvalue weighted by Gasteiger charge is -2.09. The number of fused-ring (bicyclic) bond motifs is 1. The van der Waals surface area contributed by atoms with Gasteiger partial charge in [-0.15, -0.1) is 5.10 Å². The van der Waals surface area contributed by atoms with E-state index in [4.69, 9.17) is 4.55 Å². The Morgan fingerprint density at radius 2 is 2.17 bits per heavy atom. The minimum absolute atomic E-state index is 0.0230. The number of halogens is 2. The summed E-state index contributed by atoms with van der Waals surface area (Å²) in [5.74, 6) is -0.198.